The van der Waals surface area contributed by atoms with Crippen molar-refractivity contribution in [3.63, 3.8) is 0 Å². The Labute approximate surface area is 215 Å². The van der Waals surface area contributed by atoms with E-state index in [2.05, 4.69) is 5.32 Å². The van der Waals surface area contributed by atoms with Crippen LogP contribution in [0.3, 0.4) is 0 Å². The topological polar surface area (TPSA) is 135 Å². The number of carbonyl (C=O) groups excluding carboxylic acids is 2. The van der Waals surface area contributed by atoms with Crippen molar-refractivity contribution in [2.75, 3.05) is 44.9 Å². The summed E-state index contributed by atoms with van der Waals surface area (Å²) < 4.78 is 73.7. The second-order valence-corrected chi connectivity index (χ2v) is 8.49. The van der Waals surface area contributed by atoms with Crippen molar-refractivity contribution >= 4 is 17.8 Å². The second-order valence-electron chi connectivity index (χ2n) is 8.49. The molecule has 3 N–H and O–H groups in total. The highest BCUT2D eigenvalue weighted by atomic mass is 19.4. The SMILES string of the molecule is CN1CCN2CN(CC1)n1cc(C(=O)NCc3c(F)cc(F)cc3F)c(=O)c(O)c1C2=O.O=C(O)C(F)(F)F. The van der Waals surface area contributed by atoms with Crippen molar-refractivity contribution < 1.29 is 50.9 Å². The van der Waals surface area contributed by atoms with E-state index in [-0.39, 0.29) is 12.4 Å². The third-order valence-electron chi connectivity index (χ3n) is 5.80. The molecule has 1 aromatic heterocycles. The Balaban J connectivity index is 0.000000532. The molecule has 0 unspecified atom stereocenters. The highest BCUT2D eigenvalue weighted by molar-refractivity contribution is 5.99. The molecule has 0 aliphatic carbocycles. The third-order valence-corrected chi connectivity index (χ3v) is 5.80. The van der Waals surface area contributed by atoms with Gasteiger partial charge in [0.15, 0.2) is 11.4 Å². The summed E-state index contributed by atoms with van der Waals surface area (Å²) in [5, 5.41) is 21.5. The second kappa shape index (κ2) is 11.2. The van der Waals surface area contributed by atoms with Gasteiger partial charge in [-0.3, -0.25) is 24.1 Å². The molecular formula is C22H21F6N5O6. The lowest BCUT2D eigenvalue weighted by Crippen LogP contribution is -2.59. The number of nitrogens with zero attached hydrogens (tertiary/aromatic N) is 4. The lowest BCUT2D eigenvalue weighted by Gasteiger charge is -2.42. The Morgan fingerprint density at radius 2 is 1.59 bits per heavy atom. The number of aliphatic carboxylic acids is 1. The molecule has 212 valence electrons. The standard InChI is InChI=1S/C20H20F3N5O4.C2HF3O2/c1-25-2-4-26-10-27(5-3-25)28-9-13(17(29)18(30)16(28)20(26)32)19(31)24-8-12-14(22)6-11(21)7-15(12)23;3-2(4,5)1(6)7/h6-7,9,30H,2-5,8,10H2,1H3,(H,24,31);(H,6,7). The van der Waals surface area contributed by atoms with Crippen molar-refractivity contribution in [2.24, 2.45) is 0 Å². The van der Waals surface area contributed by atoms with Crippen molar-refractivity contribution in [1.82, 2.24) is 19.8 Å². The molecule has 17 heteroatoms. The summed E-state index contributed by atoms with van der Waals surface area (Å²) in [4.78, 5) is 50.5. The number of hydrogen-bond donors (Lipinski definition) is 3. The molecule has 2 aliphatic rings. The van der Waals surface area contributed by atoms with E-state index >= 15 is 0 Å². The largest absolute Gasteiger partial charge is 0.502 e. The normalized spacial score (nSPS) is 15.5. The van der Waals surface area contributed by atoms with Crippen molar-refractivity contribution in [2.45, 2.75) is 12.7 Å². The van der Waals surface area contributed by atoms with Crippen LogP contribution in [0.2, 0.25) is 0 Å². The monoisotopic (exact) mass is 565 g/mol. The Kier molecular flexibility index (Phi) is 8.42. The van der Waals surface area contributed by atoms with Crippen LogP contribution in [-0.4, -0.2) is 88.5 Å². The van der Waals surface area contributed by atoms with Crippen LogP contribution in [0, 0.1) is 17.5 Å². The van der Waals surface area contributed by atoms with Gasteiger partial charge >= 0.3 is 12.1 Å². The molecule has 2 aromatic rings. The minimum absolute atomic E-state index is 0.203. The number of likely N-dealkylation sites (N-methyl/N-ethyl adjacent to an activating group) is 1. The van der Waals surface area contributed by atoms with E-state index in [9.17, 15) is 45.8 Å². The first-order valence-electron chi connectivity index (χ1n) is 11.0. The van der Waals surface area contributed by atoms with Crippen LogP contribution in [0.5, 0.6) is 5.75 Å². The first kappa shape index (κ1) is 29.3. The zero-order valence-corrected chi connectivity index (χ0v) is 20.1. The minimum atomic E-state index is -5.08. The summed E-state index contributed by atoms with van der Waals surface area (Å²) in [7, 11) is 1.89. The molecule has 3 heterocycles. The van der Waals surface area contributed by atoms with Crippen LogP contribution in [0.25, 0.3) is 0 Å². The van der Waals surface area contributed by atoms with Gasteiger partial charge < -0.3 is 25.3 Å². The number of nitrogens with one attached hydrogen (secondary N) is 1. The fraction of sp³-hybridized carbons (Fsp3) is 0.364. The number of pyridine rings is 1. The van der Waals surface area contributed by atoms with Gasteiger partial charge in [-0.25, -0.2) is 18.0 Å². The molecule has 2 aliphatic heterocycles. The van der Waals surface area contributed by atoms with Gasteiger partial charge in [0.2, 0.25) is 5.43 Å². The van der Waals surface area contributed by atoms with Crippen LogP contribution in [0.1, 0.15) is 26.4 Å². The summed E-state index contributed by atoms with van der Waals surface area (Å²) in [6.45, 7) is 1.66. The van der Waals surface area contributed by atoms with E-state index in [1.165, 1.54) is 9.58 Å². The quantitative estimate of drug-likeness (QED) is 0.466. The maximum Gasteiger partial charge on any atom is 0.490 e. The first-order valence-corrected chi connectivity index (χ1v) is 11.0. The number of fused-ring (bicyclic) bond motifs is 4. The zero-order chi connectivity index (χ0) is 29.2. The number of carboxylic acids is 1. The highest BCUT2D eigenvalue weighted by Crippen LogP contribution is 2.22. The molecule has 1 fully saturated rings. The van der Waals surface area contributed by atoms with Gasteiger partial charge in [-0.05, 0) is 7.05 Å². The number of aromatic hydroxyl groups is 1. The molecule has 2 amide bonds. The maximum atomic E-state index is 13.8. The van der Waals surface area contributed by atoms with E-state index in [4.69, 9.17) is 9.90 Å². The van der Waals surface area contributed by atoms with Gasteiger partial charge in [-0.15, -0.1) is 0 Å². The van der Waals surface area contributed by atoms with E-state index in [1.54, 1.807) is 5.01 Å². The Hall–Kier alpha value is -4.28. The minimum Gasteiger partial charge on any atom is -0.502 e. The number of carbonyl (C=O) groups is 3. The van der Waals surface area contributed by atoms with Crippen LogP contribution in [-0.2, 0) is 11.3 Å². The molecule has 0 saturated carbocycles. The molecule has 0 atom stereocenters. The van der Waals surface area contributed by atoms with Gasteiger partial charge in [0.1, 0.15) is 29.7 Å². The molecule has 11 nitrogen and oxygen atoms in total. The lowest BCUT2D eigenvalue weighted by atomic mass is 10.1. The maximum absolute atomic E-state index is 13.8. The van der Waals surface area contributed by atoms with E-state index < -0.39 is 70.3 Å². The Morgan fingerprint density at radius 3 is 2.15 bits per heavy atom. The number of rotatable bonds is 3. The van der Waals surface area contributed by atoms with Crippen LogP contribution >= 0.6 is 0 Å². The molecule has 0 spiro atoms. The Morgan fingerprint density at radius 1 is 1.03 bits per heavy atom. The smallest absolute Gasteiger partial charge is 0.490 e. The van der Waals surface area contributed by atoms with Gasteiger partial charge in [0, 0.05) is 56.6 Å². The predicted molar refractivity (Wildman–Crippen MR) is 120 cm³/mol. The van der Waals surface area contributed by atoms with E-state index in [1.807, 2.05) is 11.9 Å². The number of hydrogen-bond acceptors (Lipinski definition) is 7. The summed E-state index contributed by atoms with van der Waals surface area (Å²) in [5.74, 6) is -8.69. The van der Waals surface area contributed by atoms with E-state index in [0.717, 1.165) is 6.20 Å². The van der Waals surface area contributed by atoms with Gasteiger partial charge in [0.05, 0.1) is 0 Å². The molecule has 2 bridgehead atoms. The predicted octanol–water partition coefficient (Wildman–Crippen LogP) is 0.831. The fourth-order valence-corrected chi connectivity index (χ4v) is 3.70. The molecule has 4 rings (SSSR count). The summed E-state index contributed by atoms with van der Waals surface area (Å²) in [6, 6.07) is 0.945. The highest BCUT2D eigenvalue weighted by Gasteiger charge is 2.38. The number of aromatic nitrogens is 1. The van der Waals surface area contributed by atoms with Crippen LogP contribution < -0.4 is 15.8 Å². The van der Waals surface area contributed by atoms with Crippen LogP contribution in [0.4, 0.5) is 26.3 Å². The van der Waals surface area contributed by atoms with Gasteiger partial charge in [-0.1, -0.05) is 0 Å². The molecule has 39 heavy (non-hydrogen) atoms. The summed E-state index contributed by atoms with van der Waals surface area (Å²) in [6.07, 6.45) is -3.96. The molecule has 0 radical (unpaired) electrons. The third kappa shape index (κ3) is 6.42. The summed E-state index contributed by atoms with van der Waals surface area (Å²) in [5.41, 5.74) is -2.43. The van der Waals surface area contributed by atoms with Crippen LogP contribution in [0.15, 0.2) is 23.1 Å². The number of amides is 2. The van der Waals surface area contributed by atoms with Gasteiger partial charge in [0.25, 0.3) is 11.8 Å². The molecule has 1 aromatic carbocycles. The lowest BCUT2D eigenvalue weighted by molar-refractivity contribution is -0.192. The summed E-state index contributed by atoms with van der Waals surface area (Å²) >= 11 is 0. The zero-order valence-electron chi connectivity index (χ0n) is 20.1. The van der Waals surface area contributed by atoms with Gasteiger partial charge in [-0.2, -0.15) is 13.2 Å². The molecule has 1 saturated heterocycles. The average Bonchev–Trinajstić information content (AvgIpc) is 2.82. The Bertz CT molecular complexity index is 1340. The van der Waals surface area contributed by atoms with Crippen molar-refractivity contribution in [3.05, 3.63) is 62.8 Å². The van der Waals surface area contributed by atoms with Crippen molar-refractivity contribution in [1.29, 1.82) is 0 Å². The molecular weight excluding hydrogens is 544 g/mol. The number of benzene rings is 1. The number of carboxylic acid groups (broad SMARTS) is 1. The average molecular weight is 565 g/mol. The fourth-order valence-electron chi connectivity index (χ4n) is 3.70. The van der Waals surface area contributed by atoms with Crippen molar-refractivity contribution in [3.8, 4) is 5.75 Å². The number of halogens is 6. The van der Waals surface area contributed by atoms with E-state index in [0.29, 0.717) is 38.3 Å². The first-order chi connectivity index (χ1) is 18.1. The number of alkyl halides is 3.